The van der Waals surface area contributed by atoms with Crippen LogP contribution in [0.5, 0.6) is 17.2 Å². The van der Waals surface area contributed by atoms with E-state index in [1.807, 2.05) is 0 Å². The van der Waals surface area contributed by atoms with Gasteiger partial charge in [-0.3, -0.25) is 4.79 Å². The molecule has 220 valence electrons. The molecule has 0 aliphatic heterocycles. The summed E-state index contributed by atoms with van der Waals surface area (Å²) in [5, 5.41) is 9.38. The number of aromatic carboxylic acids is 1. The maximum atomic E-state index is 15.2. The van der Waals surface area contributed by atoms with Crippen LogP contribution in [-0.2, 0) is 6.42 Å². The Morgan fingerprint density at radius 1 is 1.17 bits per heavy atom. The van der Waals surface area contributed by atoms with E-state index in [0.717, 1.165) is 24.5 Å². The molecule has 3 heterocycles. The highest BCUT2D eigenvalue weighted by atomic mass is 19.1. The van der Waals surface area contributed by atoms with Gasteiger partial charge in [0.1, 0.15) is 23.6 Å². The number of methoxy groups -OCH3 is 2. The van der Waals surface area contributed by atoms with E-state index in [-0.39, 0.29) is 47.8 Å². The van der Waals surface area contributed by atoms with Crippen LogP contribution in [0.3, 0.4) is 0 Å². The average molecular weight is 580 g/mol. The van der Waals surface area contributed by atoms with Crippen molar-refractivity contribution >= 4 is 34.6 Å². The van der Waals surface area contributed by atoms with Crippen molar-refractivity contribution in [3.05, 3.63) is 63.3 Å². The third kappa shape index (κ3) is 5.55. The number of anilines is 3. The van der Waals surface area contributed by atoms with E-state index in [1.54, 1.807) is 34.8 Å². The summed E-state index contributed by atoms with van der Waals surface area (Å²) < 4.78 is 34.0. The van der Waals surface area contributed by atoms with Gasteiger partial charge in [0.15, 0.2) is 23.1 Å². The van der Waals surface area contributed by atoms with E-state index < -0.39 is 22.8 Å². The Hall–Kier alpha value is -5.14. The molecule has 0 spiro atoms. The number of rotatable bonds is 11. The van der Waals surface area contributed by atoms with Gasteiger partial charge in [0.05, 0.1) is 26.2 Å². The van der Waals surface area contributed by atoms with Gasteiger partial charge < -0.3 is 40.3 Å². The molecule has 4 aromatic rings. The van der Waals surface area contributed by atoms with Gasteiger partial charge in [0, 0.05) is 37.5 Å². The number of hydrogen-bond donors (Lipinski definition) is 3. The van der Waals surface area contributed by atoms with Crippen LogP contribution in [-0.4, -0.2) is 65.0 Å². The molecular formula is C28H30FN7O6. The number of likely N-dealkylation sites (N-methyl/N-ethyl adjacent to an activating group) is 1. The lowest BCUT2D eigenvalue weighted by atomic mass is 10.1. The minimum atomic E-state index is -1.36. The molecule has 5 N–H and O–H groups in total. The highest BCUT2D eigenvalue weighted by Gasteiger charge is 2.28. The zero-order chi connectivity index (χ0) is 30.1. The highest BCUT2D eigenvalue weighted by Crippen LogP contribution is 2.40. The Bertz CT molecular complexity index is 1720. The maximum absolute atomic E-state index is 15.2. The first-order chi connectivity index (χ1) is 20.1. The summed E-state index contributed by atoms with van der Waals surface area (Å²) in [4.78, 5) is 38.3. The lowest BCUT2D eigenvalue weighted by Crippen LogP contribution is -2.27. The van der Waals surface area contributed by atoms with Crippen molar-refractivity contribution in [2.75, 3.05) is 50.8 Å². The number of nitrogens with zero attached hydrogens (tertiary/aromatic N) is 5. The second-order valence-corrected chi connectivity index (χ2v) is 9.90. The number of carbonyl (C=O) groups is 1. The monoisotopic (exact) mass is 579 g/mol. The van der Waals surface area contributed by atoms with Crippen LogP contribution in [0.15, 0.2) is 35.4 Å². The van der Waals surface area contributed by atoms with Gasteiger partial charge in [-0.05, 0) is 36.6 Å². The second-order valence-electron chi connectivity index (χ2n) is 9.90. The van der Waals surface area contributed by atoms with Crippen LogP contribution >= 0.6 is 0 Å². The molecule has 1 aliphatic carbocycles. The van der Waals surface area contributed by atoms with Crippen molar-refractivity contribution in [1.82, 2.24) is 19.5 Å². The Labute approximate surface area is 239 Å². The van der Waals surface area contributed by atoms with Crippen molar-refractivity contribution in [2.45, 2.75) is 25.3 Å². The minimum Gasteiger partial charge on any atom is -0.493 e. The van der Waals surface area contributed by atoms with Gasteiger partial charge in [-0.1, -0.05) is 0 Å². The molecule has 1 fully saturated rings. The molecular weight excluding hydrogens is 549 g/mol. The first-order valence-corrected chi connectivity index (χ1v) is 13.1. The molecule has 13 nitrogen and oxygen atoms in total. The topological polar surface area (TPSA) is 181 Å². The fourth-order valence-corrected chi connectivity index (χ4v) is 4.65. The van der Waals surface area contributed by atoms with Crippen LogP contribution in [0.1, 0.15) is 40.4 Å². The van der Waals surface area contributed by atoms with Gasteiger partial charge >= 0.3 is 5.97 Å². The van der Waals surface area contributed by atoms with Crippen LogP contribution in [0.2, 0.25) is 0 Å². The van der Waals surface area contributed by atoms with Gasteiger partial charge in [0.25, 0.3) is 0 Å². The van der Waals surface area contributed by atoms with Crippen LogP contribution in [0, 0.1) is 5.82 Å². The quantitative estimate of drug-likeness (QED) is 0.237. The van der Waals surface area contributed by atoms with E-state index >= 15 is 4.39 Å². The normalized spacial score (nSPS) is 12.8. The molecule has 42 heavy (non-hydrogen) atoms. The summed E-state index contributed by atoms with van der Waals surface area (Å²) >= 11 is 0. The number of carboxylic acids is 1. The van der Waals surface area contributed by atoms with E-state index in [2.05, 4.69) is 15.0 Å². The number of halogens is 1. The Morgan fingerprint density at radius 3 is 2.45 bits per heavy atom. The lowest BCUT2D eigenvalue weighted by Gasteiger charge is -2.22. The first kappa shape index (κ1) is 28.4. The number of pyridine rings is 2. The van der Waals surface area contributed by atoms with Gasteiger partial charge in [0.2, 0.25) is 17.1 Å². The van der Waals surface area contributed by atoms with E-state index in [1.165, 1.54) is 20.4 Å². The number of hydrogen-bond acceptors (Lipinski definition) is 11. The number of carboxylic acid groups (broad SMARTS) is 1. The van der Waals surface area contributed by atoms with Crippen LogP contribution in [0.4, 0.5) is 22.0 Å². The first-order valence-electron chi connectivity index (χ1n) is 13.1. The number of nitrogens with two attached hydrogens (primary N) is 2. The summed E-state index contributed by atoms with van der Waals surface area (Å²) in [6, 6.07) is 4.62. The molecule has 0 atom stereocenters. The van der Waals surface area contributed by atoms with Crippen molar-refractivity contribution in [2.24, 2.45) is 0 Å². The van der Waals surface area contributed by atoms with Gasteiger partial charge in [-0.15, -0.1) is 0 Å². The zero-order valence-corrected chi connectivity index (χ0v) is 23.3. The largest absolute Gasteiger partial charge is 0.493 e. The van der Waals surface area contributed by atoms with Crippen molar-refractivity contribution in [3.63, 3.8) is 0 Å². The number of benzene rings is 1. The smallest absolute Gasteiger partial charge is 0.341 e. The number of nitrogen functional groups attached to an aromatic ring is 2. The van der Waals surface area contributed by atoms with E-state index in [0.29, 0.717) is 29.2 Å². The molecule has 1 aromatic carbocycles. The lowest BCUT2D eigenvalue weighted by molar-refractivity contribution is 0.0694. The standard InChI is InChI=1S/C28H30FN7O6/c1-35(26-19(29)11-17-22(37)18(27(38)39)13-36(16-4-5-16)25(17)34-26)6-7-42-23-20(40-2)9-14(10-21(23)41-3)8-15-12-32-28(31)33-24(15)30/h9-13,16H,4-8H2,1-3H3,(H,38,39)(H4,30,31,32,33). The molecule has 1 aliphatic rings. The third-order valence-electron chi connectivity index (χ3n) is 6.98. The number of fused-ring (bicyclic) bond motifs is 1. The summed E-state index contributed by atoms with van der Waals surface area (Å²) in [6.45, 7) is 0.317. The van der Waals surface area contributed by atoms with Crippen molar-refractivity contribution in [1.29, 1.82) is 0 Å². The molecule has 0 bridgehead atoms. The minimum absolute atomic E-state index is 0.000517. The summed E-state index contributed by atoms with van der Waals surface area (Å²) in [6.07, 6.45) is 4.89. The summed E-state index contributed by atoms with van der Waals surface area (Å²) in [7, 11) is 4.64. The number of aromatic nitrogens is 4. The van der Waals surface area contributed by atoms with Gasteiger partial charge in [-0.25, -0.2) is 19.2 Å². The predicted molar refractivity (Wildman–Crippen MR) is 153 cm³/mol. The molecule has 5 rings (SSSR count). The second kappa shape index (κ2) is 11.4. The van der Waals surface area contributed by atoms with E-state index in [4.69, 9.17) is 25.7 Å². The molecule has 1 saturated carbocycles. The van der Waals surface area contributed by atoms with Crippen molar-refractivity contribution in [3.8, 4) is 17.2 Å². The Balaban J connectivity index is 1.36. The number of ether oxygens (including phenoxy) is 3. The molecule has 0 unspecified atom stereocenters. The van der Waals surface area contributed by atoms with Crippen LogP contribution < -0.4 is 36.0 Å². The molecule has 0 saturated heterocycles. The molecule has 14 heteroatoms. The third-order valence-corrected chi connectivity index (χ3v) is 6.98. The highest BCUT2D eigenvalue weighted by molar-refractivity contribution is 5.92. The van der Waals surface area contributed by atoms with Gasteiger partial charge in [-0.2, -0.15) is 4.98 Å². The summed E-state index contributed by atoms with van der Waals surface area (Å²) in [5.74, 6) is -0.567. The average Bonchev–Trinajstić information content (AvgIpc) is 3.80. The van der Waals surface area contributed by atoms with Crippen molar-refractivity contribution < 1.29 is 28.5 Å². The maximum Gasteiger partial charge on any atom is 0.341 e. The SMILES string of the molecule is COc1cc(Cc2cnc(N)nc2N)cc(OC)c1OCCN(C)c1nc2c(cc1F)c(=O)c(C(=O)O)cn2C1CC1. The molecule has 0 amide bonds. The molecule has 3 aromatic heterocycles. The van der Waals surface area contributed by atoms with Crippen LogP contribution in [0.25, 0.3) is 11.0 Å². The Morgan fingerprint density at radius 2 is 1.86 bits per heavy atom. The van der Waals surface area contributed by atoms with E-state index in [9.17, 15) is 14.7 Å². The predicted octanol–water partition coefficient (Wildman–Crippen LogP) is 2.65. The molecule has 0 radical (unpaired) electrons. The zero-order valence-electron chi connectivity index (χ0n) is 23.3. The fraction of sp³-hybridized carbons (Fsp3) is 0.321. The fourth-order valence-electron chi connectivity index (χ4n) is 4.65. The summed E-state index contributed by atoms with van der Waals surface area (Å²) in [5.41, 5.74) is 12.1. The Kier molecular flexibility index (Phi) is 7.70.